The summed E-state index contributed by atoms with van der Waals surface area (Å²) >= 11 is 0. The average Bonchev–Trinajstić information content (AvgIpc) is 3.01. The van der Waals surface area contributed by atoms with Crippen molar-refractivity contribution >= 4 is 18.4 Å². The quantitative estimate of drug-likeness (QED) is 0.339. The topological polar surface area (TPSA) is 101 Å². The number of hydrogen-bond donors (Lipinski definition) is 3. The van der Waals surface area contributed by atoms with Gasteiger partial charge in [-0.15, -0.1) is 0 Å². The van der Waals surface area contributed by atoms with Gasteiger partial charge in [0.05, 0.1) is 11.7 Å². The summed E-state index contributed by atoms with van der Waals surface area (Å²) in [5.74, 6) is -0.00609. The van der Waals surface area contributed by atoms with E-state index in [0.717, 1.165) is 11.1 Å². The SMILES string of the molecule is N=C(N)c1ccc(CC2OB(O)c3ccc(F)cc32)cc1OCc1cccnc1. The number of fused-ring (bicyclic) bond motifs is 1. The Morgan fingerprint density at radius 2 is 2.10 bits per heavy atom. The molecule has 8 heteroatoms. The van der Waals surface area contributed by atoms with Crippen molar-refractivity contribution in [2.45, 2.75) is 19.1 Å². The molecule has 2 heterocycles. The molecule has 6 nitrogen and oxygen atoms in total. The summed E-state index contributed by atoms with van der Waals surface area (Å²) in [4.78, 5) is 4.06. The molecule has 2 aromatic carbocycles. The van der Waals surface area contributed by atoms with Crippen LogP contribution in [0, 0.1) is 11.2 Å². The van der Waals surface area contributed by atoms with Gasteiger partial charge in [0.2, 0.25) is 0 Å². The first-order chi connectivity index (χ1) is 14.0. The summed E-state index contributed by atoms with van der Waals surface area (Å²) in [6.07, 6.45) is 3.32. The third kappa shape index (κ3) is 4.13. The van der Waals surface area contributed by atoms with Crippen molar-refractivity contribution in [2.24, 2.45) is 5.73 Å². The van der Waals surface area contributed by atoms with Crippen molar-refractivity contribution in [1.82, 2.24) is 4.98 Å². The fraction of sp³-hybridized carbons (Fsp3) is 0.143. The van der Waals surface area contributed by atoms with Crippen LogP contribution in [0.4, 0.5) is 4.39 Å². The molecule has 4 rings (SSSR count). The second-order valence-electron chi connectivity index (χ2n) is 6.85. The normalized spacial score (nSPS) is 15.2. The van der Waals surface area contributed by atoms with Gasteiger partial charge in [0.1, 0.15) is 24.0 Å². The summed E-state index contributed by atoms with van der Waals surface area (Å²) in [5.41, 5.74) is 9.11. The molecule has 29 heavy (non-hydrogen) atoms. The Labute approximate surface area is 167 Å². The Morgan fingerprint density at radius 1 is 1.24 bits per heavy atom. The van der Waals surface area contributed by atoms with E-state index in [2.05, 4.69) is 4.98 Å². The molecule has 0 aliphatic carbocycles. The number of nitrogen functional groups attached to an aromatic ring is 1. The van der Waals surface area contributed by atoms with Gasteiger partial charge in [-0.2, -0.15) is 0 Å². The smallest absolute Gasteiger partial charge is 0.488 e. The zero-order valence-corrected chi connectivity index (χ0v) is 15.5. The van der Waals surface area contributed by atoms with E-state index in [0.29, 0.717) is 28.8 Å². The van der Waals surface area contributed by atoms with E-state index in [1.807, 2.05) is 18.2 Å². The van der Waals surface area contributed by atoms with Crippen LogP contribution in [-0.2, 0) is 17.7 Å². The lowest BCUT2D eigenvalue weighted by molar-refractivity contribution is 0.190. The summed E-state index contributed by atoms with van der Waals surface area (Å²) in [7, 11) is -1.08. The summed E-state index contributed by atoms with van der Waals surface area (Å²) in [6.45, 7) is 0.282. The maximum absolute atomic E-state index is 13.7. The van der Waals surface area contributed by atoms with Gasteiger partial charge in [-0.05, 0) is 46.9 Å². The van der Waals surface area contributed by atoms with Crippen molar-refractivity contribution in [3.05, 3.63) is 89.0 Å². The maximum atomic E-state index is 13.7. The van der Waals surface area contributed by atoms with Crippen LogP contribution in [-0.4, -0.2) is 23.0 Å². The van der Waals surface area contributed by atoms with Gasteiger partial charge in [-0.1, -0.05) is 18.2 Å². The third-order valence-electron chi connectivity index (χ3n) is 4.83. The molecule has 1 atom stereocenters. The Hall–Kier alpha value is -3.23. The van der Waals surface area contributed by atoms with Crippen LogP contribution in [0.15, 0.2) is 60.9 Å². The minimum atomic E-state index is -1.08. The fourth-order valence-electron chi connectivity index (χ4n) is 3.40. The lowest BCUT2D eigenvalue weighted by Crippen LogP contribution is -2.27. The van der Waals surface area contributed by atoms with Gasteiger partial charge < -0.3 is 20.1 Å². The number of ether oxygens (including phenoxy) is 1. The number of rotatable bonds is 6. The molecule has 0 bridgehead atoms. The molecular weight excluding hydrogens is 372 g/mol. The zero-order chi connectivity index (χ0) is 20.4. The Balaban J connectivity index is 1.57. The highest BCUT2D eigenvalue weighted by Crippen LogP contribution is 2.30. The highest BCUT2D eigenvalue weighted by molar-refractivity contribution is 6.61. The number of aromatic nitrogens is 1. The molecule has 0 amide bonds. The van der Waals surface area contributed by atoms with Crippen LogP contribution in [0.25, 0.3) is 0 Å². The molecule has 146 valence electrons. The minimum absolute atomic E-state index is 0.0994. The molecule has 1 aliphatic rings. The molecule has 3 aromatic rings. The van der Waals surface area contributed by atoms with Gasteiger partial charge in [-0.25, -0.2) is 4.39 Å². The van der Waals surface area contributed by atoms with Crippen molar-refractivity contribution in [3.63, 3.8) is 0 Å². The van der Waals surface area contributed by atoms with Crippen molar-refractivity contribution < 1.29 is 18.8 Å². The van der Waals surface area contributed by atoms with E-state index >= 15 is 0 Å². The summed E-state index contributed by atoms with van der Waals surface area (Å²) < 4.78 is 25.2. The molecule has 1 aliphatic heterocycles. The summed E-state index contributed by atoms with van der Waals surface area (Å²) in [6, 6.07) is 13.3. The first kappa shape index (κ1) is 19.1. The van der Waals surface area contributed by atoms with E-state index < -0.39 is 13.2 Å². The number of hydrogen-bond acceptors (Lipinski definition) is 5. The molecule has 4 N–H and O–H groups in total. The van der Waals surface area contributed by atoms with E-state index in [1.54, 1.807) is 24.5 Å². The Bertz CT molecular complexity index is 1050. The number of nitrogens with two attached hydrogens (primary N) is 1. The Kier molecular flexibility index (Phi) is 5.29. The van der Waals surface area contributed by atoms with Gasteiger partial charge in [0, 0.05) is 24.4 Å². The van der Waals surface area contributed by atoms with E-state index in [1.165, 1.54) is 18.2 Å². The predicted octanol–water partition coefficient (Wildman–Crippen LogP) is 2.09. The second kappa shape index (κ2) is 8.02. The summed E-state index contributed by atoms with van der Waals surface area (Å²) in [5, 5.41) is 17.9. The lowest BCUT2D eigenvalue weighted by atomic mass is 9.79. The molecular formula is C21H19BFN3O3. The number of nitrogens with zero attached hydrogens (tertiary/aromatic N) is 1. The van der Waals surface area contributed by atoms with Crippen molar-refractivity contribution in [3.8, 4) is 5.75 Å². The maximum Gasteiger partial charge on any atom is 0.491 e. The van der Waals surface area contributed by atoms with E-state index in [-0.39, 0.29) is 18.3 Å². The molecule has 0 fully saturated rings. The monoisotopic (exact) mass is 391 g/mol. The van der Waals surface area contributed by atoms with Crippen LogP contribution in [0.1, 0.15) is 28.4 Å². The standard InChI is InChI=1S/C21H19BFN3O3/c23-15-4-6-18-17(10-15)20(29-22(18)27)9-13-3-5-16(21(24)25)19(8-13)28-12-14-2-1-7-26-11-14/h1-8,10-11,20,27H,9,12H2,(H3,24,25). The van der Waals surface area contributed by atoms with E-state index in [4.69, 9.17) is 20.5 Å². The van der Waals surface area contributed by atoms with Gasteiger partial charge >= 0.3 is 7.12 Å². The number of pyridine rings is 1. The minimum Gasteiger partial charge on any atom is -0.488 e. The molecule has 1 unspecified atom stereocenters. The predicted molar refractivity (Wildman–Crippen MR) is 108 cm³/mol. The van der Waals surface area contributed by atoms with Gasteiger partial charge in [0.15, 0.2) is 0 Å². The molecule has 0 saturated heterocycles. The third-order valence-corrected chi connectivity index (χ3v) is 4.83. The lowest BCUT2D eigenvalue weighted by Gasteiger charge is -2.16. The van der Waals surface area contributed by atoms with Crippen LogP contribution in [0.5, 0.6) is 5.75 Å². The number of benzene rings is 2. The highest BCUT2D eigenvalue weighted by Gasteiger charge is 2.35. The Morgan fingerprint density at radius 3 is 2.86 bits per heavy atom. The van der Waals surface area contributed by atoms with Gasteiger partial charge in [-0.3, -0.25) is 10.4 Å². The first-order valence-electron chi connectivity index (χ1n) is 9.13. The number of nitrogens with one attached hydrogen (secondary N) is 1. The zero-order valence-electron chi connectivity index (χ0n) is 15.5. The second-order valence-corrected chi connectivity index (χ2v) is 6.85. The molecule has 1 aromatic heterocycles. The fourth-order valence-corrected chi connectivity index (χ4v) is 3.40. The van der Waals surface area contributed by atoms with Crippen LogP contribution < -0.4 is 15.9 Å². The highest BCUT2D eigenvalue weighted by atomic mass is 19.1. The van der Waals surface area contributed by atoms with Crippen LogP contribution in [0.2, 0.25) is 0 Å². The largest absolute Gasteiger partial charge is 0.491 e. The first-order valence-corrected chi connectivity index (χ1v) is 9.13. The number of halogens is 1. The van der Waals surface area contributed by atoms with Crippen molar-refractivity contribution in [2.75, 3.05) is 0 Å². The van der Waals surface area contributed by atoms with Crippen LogP contribution in [0.3, 0.4) is 0 Å². The van der Waals surface area contributed by atoms with Gasteiger partial charge in [0.25, 0.3) is 0 Å². The van der Waals surface area contributed by atoms with E-state index in [9.17, 15) is 9.41 Å². The molecule has 0 radical (unpaired) electrons. The van der Waals surface area contributed by atoms with Crippen molar-refractivity contribution in [1.29, 1.82) is 5.41 Å². The average molecular weight is 391 g/mol. The molecule has 0 saturated carbocycles. The molecule has 0 spiro atoms. The van der Waals surface area contributed by atoms with Crippen LogP contribution >= 0.6 is 0 Å². The number of amidine groups is 1.